The molecule has 7 heteroatoms. The monoisotopic (exact) mass is 228 g/mol. The molecule has 1 heterocycles. The fourth-order valence-corrected chi connectivity index (χ4v) is 1.72. The highest BCUT2D eigenvalue weighted by molar-refractivity contribution is 7.90. The predicted molar refractivity (Wildman–Crippen MR) is 54.3 cm³/mol. The van der Waals surface area contributed by atoms with Crippen LogP contribution in [0.3, 0.4) is 0 Å². The number of imidazole rings is 1. The summed E-state index contributed by atoms with van der Waals surface area (Å²) >= 11 is 0. The molecular formula is C8H12N4O2S. The van der Waals surface area contributed by atoms with E-state index in [1.54, 1.807) is 12.3 Å². The molecule has 0 spiro atoms. The number of nitrogens with one attached hydrogen (secondary N) is 2. The first-order chi connectivity index (χ1) is 7.06. The van der Waals surface area contributed by atoms with Gasteiger partial charge in [0.2, 0.25) is 10.0 Å². The van der Waals surface area contributed by atoms with Crippen molar-refractivity contribution in [1.29, 1.82) is 5.26 Å². The SMILES string of the molecule is CC(C#N)S(=O)(=O)NCCc1cnc[nH]1. The molecule has 0 saturated heterocycles. The van der Waals surface area contributed by atoms with E-state index in [4.69, 9.17) is 5.26 Å². The van der Waals surface area contributed by atoms with E-state index < -0.39 is 15.3 Å². The fraction of sp³-hybridized carbons (Fsp3) is 0.500. The highest BCUT2D eigenvalue weighted by atomic mass is 32.2. The number of aromatic amines is 1. The first kappa shape index (κ1) is 11.7. The third-order valence-corrected chi connectivity index (χ3v) is 3.54. The summed E-state index contributed by atoms with van der Waals surface area (Å²) in [5, 5.41) is 7.44. The molecule has 1 unspecified atom stereocenters. The standard InChI is InChI=1S/C8H12N4O2S/c1-7(4-9)15(13,14)12-3-2-8-5-10-6-11-8/h5-7,12H,2-3H2,1H3,(H,10,11). The number of H-pyrrole nitrogens is 1. The molecule has 0 aliphatic rings. The van der Waals surface area contributed by atoms with Crippen molar-refractivity contribution < 1.29 is 8.42 Å². The lowest BCUT2D eigenvalue weighted by Gasteiger charge is -2.06. The molecule has 6 nitrogen and oxygen atoms in total. The van der Waals surface area contributed by atoms with Crippen molar-refractivity contribution in [3.63, 3.8) is 0 Å². The van der Waals surface area contributed by atoms with Crippen LogP contribution in [0.25, 0.3) is 0 Å². The van der Waals surface area contributed by atoms with Crippen molar-refractivity contribution in [3.05, 3.63) is 18.2 Å². The molecule has 0 radical (unpaired) electrons. The second-order valence-electron chi connectivity index (χ2n) is 3.04. The minimum atomic E-state index is -3.51. The van der Waals surface area contributed by atoms with E-state index in [1.165, 1.54) is 13.3 Å². The summed E-state index contributed by atoms with van der Waals surface area (Å²) in [6, 6.07) is 1.68. The molecule has 0 fully saturated rings. The number of hydrogen-bond acceptors (Lipinski definition) is 4. The van der Waals surface area contributed by atoms with Gasteiger partial charge in [-0.1, -0.05) is 0 Å². The highest BCUT2D eigenvalue weighted by Crippen LogP contribution is 1.97. The van der Waals surface area contributed by atoms with Crippen LogP contribution in [-0.2, 0) is 16.4 Å². The Labute approximate surface area is 88.4 Å². The van der Waals surface area contributed by atoms with Crippen molar-refractivity contribution in [1.82, 2.24) is 14.7 Å². The molecular weight excluding hydrogens is 216 g/mol. The van der Waals surface area contributed by atoms with Crippen molar-refractivity contribution in [2.75, 3.05) is 6.54 Å². The first-order valence-electron chi connectivity index (χ1n) is 4.41. The minimum absolute atomic E-state index is 0.260. The maximum absolute atomic E-state index is 11.3. The van der Waals surface area contributed by atoms with Crippen LogP contribution in [0.2, 0.25) is 0 Å². The molecule has 0 amide bonds. The molecule has 1 atom stereocenters. The van der Waals surface area contributed by atoms with Crippen molar-refractivity contribution in [2.24, 2.45) is 0 Å². The van der Waals surface area contributed by atoms with Gasteiger partial charge in [-0.15, -0.1) is 0 Å². The zero-order valence-corrected chi connectivity index (χ0v) is 9.08. The van der Waals surface area contributed by atoms with Crippen LogP contribution >= 0.6 is 0 Å². The number of rotatable bonds is 5. The van der Waals surface area contributed by atoms with Gasteiger partial charge in [0.25, 0.3) is 0 Å². The lowest BCUT2D eigenvalue weighted by Crippen LogP contribution is -2.33. The molecule has 0 aliphatic carbocycles. The molecule has 0 bridgehead atoms. The van der Waals surface area contributed by atoms with Gasteiger partial charge >= 0.3 is 0 Å². The fourth-order valence-electron chi connectivity index (χ4n) is 0.944. The topological polar surface area (TPSA) is 98.6 Å². The number of nitriles is 1. The smallest absolute Gasteiger partial charge is 0.227 e. The van der Waals surface area contributed by atoms with Crippen LogP contribution in [0.5, 0.6) is 0 Å². The maximum Gasteiger partial charge on any atom is 0.227 e. The Kier molecular flexibility index (Phi) is 3.82. The summed E-state index contributed by atoms with van der Waals surface area (Å²) in [7, 11) is -3.51. The van der Waals surface area contributed by atoms with Gasteiger partial charge in [-0.05, 0) is 6.92 Å². The molecule has 2 N–H and O–H groups in total. The van der Waals surface area contributed by atoms with Gasteiger partial charge in [-0.3, -0.25) is 0 Å². The molecule has 0 aliphatic heterocycles. The molecule has 1 aromatic heterocycles. The van der Waals surface area contributed by atoms with Crippen LogP contribution in [0.1, 0.15) is 12.6 Å². The lowest BCUT2D eigenvalue weighted by atomic mass is 10.3. The summed E-state index contributed by atoms with van der Waals surface area (Å²) in [5.74, 6) is 0. The molecule has 82 valence electrons. The Morgan fingerprint density at radius 2 is 2.47 bits per heavy atom. The summed E-state index contributed by atoms with van der Waals surface area (Å²) in [6.07, 6.45) is 3.68. The first-order valence-corrected chi connectivity index (χ1v) is 5.96. The zero-order chi connectivity index (χ0) is 11.3. The van der Waals surface area contributed by atoms with Crippen LogP contribution in [-0.4, -0.2) is 30.2 Å². The van der Waals surface area contributed by atoms with Gasteiger partial charge in [0, 0.05) is 24.9 Å². The quantitative estimate of drug-likeness (QED) is 0.728. The molecule has 15 heavy (non-hydrogen) atoms. The minimum Gasteiger partial charge on any atom is -0.348 e. The second-order valence-corrected chi connectivity index (χ2v) is 5.12. The lowest BCUT2D eigenvalue weighted by molar-refractivity contribution is 0.577. The number of aromatic nitrogens is 2. The summed E-state index contributed by atoms with van der Waals surface area (Å²) in [6.45, 7) is 1.61. The Balaban J connectivity index is 2.42. The summed E-state index contributed by atoms with van der Waals surface area (Å²) in [4.78, 5) is 6.66. The second kappa shape index (κ2) is 4.91. The van der Waals surface area contributed by atoms with Crippen molar-refractivity contribution >= 4 is 10.0 Å². The van der Waals surface area contributed by atoms with E-state index in [2.05, 4.69) is 14.7 Å². The number of hydrogen-bond donors (Lipinski definition) is 2. The molecule has 1 rings (SSSR count). The Morgan fingerprint density at radius 1 is 1.73 bits per heavy atom. The Morgan fingerprint density at radius 3 is 3.00 bits per heavy atom. The normalized spacial score (nSPS) is 13.3. The van der Waals surface area contributed by atoms with Crippen LogP contribution in [0.4, 0.5) is 0 Å². The van der Waals surface area contributed by atoms with Gasteiger partial charge < -0.3 is 4.98 Å². The van der Waals surface area contributed by atoms with Crippen LogP contribution < -0.4 is 4.72 Å². The molecule has 0 saturated carbocycles. The number of sulfonamides is 1. The Hall–Kier alpha value is -1.39. The van der Waals surface area contributed by atoms with E-state index in [0.29, 0.717) is 6.42 Å². The molecule has 1 aromatic rings. The van der Waals surface area contributed by atoms with Gasteiger partial charge in [0.05, 0.1) is 12.4 Å². The summed E-state index contributed by atoms with van der Waals surface area (Å²) in [5.41, 5.74) is 0.849. The zero-order valence-electron chi connectivity index (χ0n) is 8.27. The number of nitrogens with zero attached hydrogens (tertiary/aromatic N) is 2. The van der Waals surface area contributed by atoms with Crippen LogP contribution in [0.15, 0.2) is 12.5 Å². The van der Waals surface area contributed by atoms with Crippen molar-refractivity contribution in [3.8, 4) is 6.07 Å². The van der Waals surface area contributed by atoms with Gasteiger partial charge in [-0.25, -0.2) is 18.1 Å². The Bertz CT molecular complexity index is 432. The maximum atomic E-state index is 11.3. The van der Waals surface area contributed by atoms with Gasteiger partial charge in [-0.2, -0.15) is 5.26 Å². The van der Waals surface area contributed by atoms with E-state index >= 15 is 0 Å². The van der Waals surface area contributed by atoms with Gasteiger partial charge in [0.1, 0.15) is 0 Å². The highest BCUT2D eigenvalue weighted by Gasteiger charge is 2.18. The third kappa shape index (κ3) is 3.34. The van der Waals surface area contributed by atoms with E-state index in [0.717, 1.165) is 5.69 Å². The van der Waals surface area contributed by atoms with E-state index in [-0.39, 0.29) is 6.54 Å². The van der Waals surface area contributed by atoms with Crippen molar-refractivity contribution in [2.45, 2.75) is 18.6 Å². The van der Waals surface area contributed by atoms with E-state index in [9.17, 15) is 8.42 Å². The summed E-state index contributed by atoms with van der Waals surface area (Å²) < 4.78 is 25.0. The van der Waals surface area contributed by atoms with Gasteiger partial charge in [0.15, 0.2) is 5.25 Å². The predicted octanol–water partition coefficient (Wildman–Crippen LogP) is -0.216. The third-order valence-electron chi connectivity index (χ3n) is 1.90. The average molecular weight is 228 g/mol. The molecule has 0 aromatic carbocycles. The van der Waals surface area contributed by atoms with Crippen LogP contribution in [0, 0.1) is 11.3 Å². The largest absolute Gasteiger partial charge is 0.348 e. The van der Waals surface area contributed by atoms with E-state index in [1.807, 2.05) is 0 Å². The average Bonchev–Trinajstić information content (AvgIpc) is 2.69.